The quantitative estimate of drug-likeness (QED) is 0.267. The van der Waals surface area contributed by atoms with Crippen LogP contribution in [0, 0.1) is 6.92 Å². The summed E-state index contributed by atoms with van der Waals surface area (Å²) in [6.07, 6.45) is 0. The van der Waals surface area contributed by atoms with Crippen LogP contribution in [0.3, 0.4) is 0 Å². The monoisotopic (exact) mass is 520 g/mol. The average Bonchev–Trinajstić information content (AvgIpc) is 3.29. The highest BCUT2D eigenvalue weighted by molar-refractivity contribution is 7.99. The van der Waals surface area contributed by atoms with Crippen molar-refractivity contribution in [1.29, 1.82) is 0 Å². The molecule has 0 atom stereocenters. The van der Waals surface area contributed by atoms with Gasteiger partial charge in [-0.25, -0.2) is 0 Å². The Morgan fingerprint density at radius 2 is 1.75 bits per heavy atom. The molecule has 6 nitrogen and oxygen atoms in total. The third-order valence-corrected chi connectivity index (χ3v) is 7.08. The molecule has 1 amide bonds. The normalized spacial score (nSPS) is 11.4. The first kappa shape index (κ1) is 25.8. The predicted molar refractivity (Wildman–Crippen MR) is 148 cm³/mol. The number of benzene rings is 3. The van der Waals surface area contributed by atoms with Crippen molar-refractivity contribution in [1.82, 2.24) is 14.8 Å². The fourth-order valence-corrected chi connectivity index (χ4v) is 4.63. The minimum atomic E-state index is -0.182. The summed E-state index contributed by atoms with van der Waals surface area (Å²) in [5.41, 5.74) is 4.62. The fraction of sp³-hybridized carbons (Fsp3) is 0.250. The molecule has 0 radical (unpaired) electrons. The molecule has 8 heteroatoms. The van der Waals surface area contributed by atoms with Crippen LogP contribution in [-0.2, 0) is 10.2 Å². The number of aromatic nitrogens is 3. The number of hydrogen-bond acceptors (Lipinski definition) is 5. The van der Waals surface area contributed by atoms with Gasteiger partial charge in [0.05, 0.1) is 18.6 Å². The van der Waals surface area contributed by atoms with Crippen molar-refractivity contribution in [3.8, 4) is 22.8 Å². The number of amides is 1. The van der Waals surface area contributed by atoms with Gasteiger partial charge in [-0.2, -0.15) is 0 Å². The highest BCUT2D eigenvalue weighted by Gasteiger charge is 2.19. The third-order valence-electron chi connectivity index (χ3n) is 5.74. The zero-order valence-corrected chi connectivity index (χ0v) is 22.6. The van der Waals surface area contributed by atoms with Crippen LogP contribution in [0.15, 0.2) is 71.9 Å². The molecule has 0 aliphatic rings. The Balaban J connectivity index is 1.59. The molecule has 1 aromatic heterocycles. The van der Waals surface area contributed by atoms with Crippen LogP contribution in [0.5, 0.6) is 5.75 Å². The number of para-hydroxylation sites is 1. The first-order valence-electron chi connectivity index (χ1n) is 11.6. The molecule has 4 rings (SSSR count). The van der Waals surface area contributed by atoms with Gasteiger partial charge in [0, 0.05) is 22.3 Å². The topological polar surface area (TPSA) is 69.0 Å². The lowest BCUT2D eigenvalue weighted by atomic mass is 9.87. The summed E-state index contributed by atoms with van der Waals surface area (Å²) in [5.74, 6) is 1.20. The number of nitrogens with one attached hydrogen (secondary N) is 1. The summed E-state index contributed by atoms with van der Waals surface area (Å²) in [5, 5.41) is 13.1. The van der Waals surface area contributed by atoms with Crippen molar-refractivity contribution in [3.63, 3.8) is 0 Å². The van der Waals surface area contributed by atoms with Crippen LogP contribution in [0.2, 0.25) is 5.02 Å². The van der Waals surface area contributed by atoms with Gasteiger partial charge < -0.3 is 10.1 Å². The zero-order chi connectivity index (χ0) is 25.9. The lowest BCUT2D eigenvalue weighted by Gasteiger charge is -2.19. The molecule has 36 heavy (non-hydrogen) atoms. The second kappa shape index (κ2) is 10.8. The van der Waals surface area contributed by atoms with E-state index in [9.17, 15) is 4.79 Å². The molecule has 186 valence electrons. The lowest BCUT2D eigenvalue weighted by molar-refractivity contribution is -0.113. The number of rotatable bonds is 7. The van der Waals surface area contributed by atoms with E-state index in [2.05, 4.69) is 60.6 Å². The lowest BCUT2D eigenvalue weighted by Crippen LogP contribution is -2.15. The number of carbonyl (C=O) groups is 1. The molecule has 1 heterocycles. The van der Waals surface area contributed by atoms with Gasteiger partial charge in [0.2, 0.25) is 5.91 Å². The van der Waals surface area contributed by atoms with Crippen molar-refractivity contribution >= 4 is 35.0 Å². The highest BCUT2D eigenvalue weighted by atomic mass is 35.5. The fourth-order valence-electron chi connectivity index (χ4n) is 3.73. The Labute approximate surface area is 221 Å². The summed E-state index contributed by atoms with van der Waals surface area (Å²) in [6.45, 7) is 8.45. The number of nitrogens with zero attached hydrogens (tertiary/aromatic N) is 3. The summed E-state index contributed by atoms with van der Waals surface area (Å²) in [7, 11) is 1.54. The van der Waals surface area contributed by atoms with E-state index in [1.54, 1.807) is 19.2 Å². The van der Waals surface area contributed by atoms with Gasteiger partial charge in [-0.05, 0) is 41.7 Å². The molecule has 0 aliphatic heterocycles. The number of thioether (sulfide) groups is 1. The predicted octanol–water partition coefficient (Wildman–Crippen LogP) is 6.93. The molecule has 4 aromatic rings. The van der Waals surface area contributed by atoms with Gasteiger partial charge in [0.1, 0.15) is 5.75 Å². The van der Waals surface area contributed by atoms with Crippen LogP contribution < -0.4 is 10.1 Å². The second-order valence-electron chi connectivity index (χ2n) is 9.44. The maximum Gasteiger partial charge on any atom is 0.234 e. The molecular weight excluding hydrogens is 492 g/mol. The molecule has 0 bridgehead atoms. The van der Waals surface area contributed by atoms with E-state index in [1.165, 1.54) is 17.3 Å². The number of aryl methyl sites for hydroxylation is 1. The molecule has 3 aromatic carbocycles. The Bertz CT molecular complexity index is 1360. The summed E-state index contributed by atoms with van der Waals surface area (Å²) >= 11 is 7.51. The number of halogens is 1. The van der Waals surface area contributed by atoms with Crippen LogP contribution >= 0.6 is 23.4 Å². The summed E-state index contributed by atoms with van der Waals surface area (Å²) in [6, 6.07) is 21.8. The summed E-state index contributed by atoms with van der Waals surface area (Å²) in [4.78, 5) is 12.8. The summed E-state index contributed by atoms with van der Waals surface area (Å²) < 4.78 is 7.35. The number of anilines is 1. The zero-order valence-electron chi connectivity index (χ0n) is 21.0. The van der Waals surface area contributed by atoms with Gasteiger partial charge in [-0.3, -0.25) is 9.36 Å². The van der Waals surface area contributed by atoms with E-state index in [0.717, 1.165) is 22.6 Å². The van der Waals surface area contributed by atoms with Crippen LogP contribution in [0.4, 0.5) is 5.69 Å². The van der Waals surface area contributed by atoms with E-state index in [0.29, 0.717) is 21.6 Å². The highest BCUT2D eigenvalue weighted by Crippen LogP contribution is 2.32. The van der Waals surface area contributed by atoms with E-state index in [1.807, 2.05) is 41.8 Å². The SMILES string of the molecule is COc1cc(Cl)c(C)cc1NC(=O)CSc1nnc(-c2ccc(C(C)(C)C)cc2)n1-c1ccccc1. The molecule has 0 aliphatic carbocycles. The minimum absolute atomic E-state index is 0.0608. The second-order valence-corrected chi connectivity index (χ2v) is 10.8. The standard InChI is InChI=1S/C28H29ClN4O2S/c1-18-15-23(24(35-5)16-22(18)29)30-25(34)17-36-27-32-31-26(33(27)21-9-7-6-8-10-21)19-11-13-20(14-12-19)28(2,3)4/h6-16H,17H2,1-5H3,(H,30,34). The van der Waals surface area contributed by atoms with Crippen LogP contribution in [0.25, 0.3) is 17.1 Å². The molecule has 1 N–H and O–H groups in total. The molecular formula is C28H29ClN4O2S. The smallest absolute Gasteiger partial charge is 0.234 e. The molecule has 0 spiro atoms. The maximum atomic E-state index is 12.8. The van der Waals surface area contributed by atoms with Crippen molar-refractivity contribution in [3.05, 3.63) is 82.9 Å². The Hall–Kier alpha value is -3.29. The number of hydrogen-bond donors (Lipinski definition) is 1. The van der Waals surface area contributed by atoms with E-state index in [4.69, 9.17) is 16.3 Å². The van der Waals surface area contributed by atoms with E-state index < -0.39 is 0 Å². The van der Waals surface area contributed by atoms with Gasteiger partial charge in [0.25, 0.3) is 0 Å². The Morgan fingerprint density at radius 3 is 2.39 bits per heavy atom. The van der Waals surface area contributed by atoms with Gasteiger partial charge in [-0.15, -0.1) is 10.2 Å². The van der Waals surface area contributed by atoms with Crippen LogP contribution in [0.1, 0.15) is 31.9 Å². The first-order valence-corrected chi connectivity index (χ1v) is 12.9. The first-order chi connectivity index (χ1) is 17.2. The van der Waals surface area contributed by atoms with Crippen molar-refractivity contribution < 1.29 is 9.53 Å². The van der Waals surface area contributed by atoms with Crippen molar-refractivity contribution in [2.24, 2.45) is 0 Å². The minimum Gasteiger partial charge on any atom is -0.495 e. The number of ether oxygens (including phenoxy) is 1. The van der Waals surface area contributed by atoms with Gasteiger partial charge >= 0.3 is 0 Å². The molecule has 0 unspecified atom stereocenters. The van der Waals surface area contributed by atoms with Crippen LogP contribution in [-0.4, -0.2) is 33.5 Å². The van der Waals surface area contributed by atoms with Gasteiger partial charge in [0.15, 0.2) is 11.0 Å². The van der Waals surface area contributed by atoms with Crippen molar-refractivity contribution in [2.45, 2.75) is 38.3 Å². The van der Waals surface area contributed by atoms with Gasteiger partial charge in [-0.1, -0.05) is 86.6 Å². The average molecular weight is 521 g/mol. The van der Waals surface area contributed by atoms with E-state index >= 15 is 0 Å². The Morgan fingerprint density at radius 1 is 1.06 bits per heavy atom. The maximum absolute atomic E-state index is 12.8. The van der Waals surface area contributed by atoms with E-state index in [-0.39, 0.29) is 17.1 Å². The molecule has 0 saturated carbocycles. The number of carbonyl (C=O) groups excluding carboxylic acids is 1. The number of methoxy groups -OCH3 is 1. The Kier molecular flexibility index (Phi) is 7.71. The molecule has 0 saturated heterocycles. The third kappa shape index (κ3) is 5.74. The largest absolute Gasteiger partial charge is 0.495 e. The van der Waals surface area contributed by atoms with Crippen molar-refractivity contribution in [2.75, 3.05) is 18.2 Å². The molecule has 0 fully saturated rings.